The number of nitrogens with one attached hydrogen (secondary N) is 1. The van der Waals surface area contributed by atoms with Gasteiger partial charge in [0, 0.05) is 38.3 Å². The van der Waals surface area contributed by atoms with Crippen LogP contribution in [0.3, 0.4) is 0 Å². The third-order valence-electron chi connectivity index (χ3n) is 7.07. The maximum Gasteiger partial charge on any atom is 0.475 e. The number of nitriles is 1. The maximum absolute atomic E-state index is 13.2. The number of hydrogen-bond acceptors (Lipinski definition) is 8. The van der Waals surface area contributed by atoms with E-state index in [4.69, 9.17) is 4.74 Å². The number of amides is 2. The largest absolute Gasteiger partial charge is 0.475 e. The second kappa shape index (κ2) is 13.1. The minimum atomic E-state index is -1.76. The third kappa shape index (κ3) is 8.30. The van der Waals surface area contributed by atoms with Crippen LogP contribution in [0.2, 0.25) is 0 Å². The zero-order chi connectivity index (χ0) is 27.0. The molecular weight excluding hydrogens is 473 g/mol. The standard InChI is InChI=1S/C26H38BN5O5/c1-26(2,32-14-12-30(3)13-15-32)17-21(18-28)24(33)31-11-7-10-22(19-31)37-25(34)29-23(27(35)36)16-20-8-5-4-6-9-20/h4-6,8-9,17,22-23,35-36H,7,10-16,19H2,1-3H3,(H,29,34). The van der Waals surface area contributed by atoms with Crippen LogP contribution in [-0.4, -0.2) is 108 Å². The molecule has 0 saturated carbocycles. The Hall–Kier alpha value is -2.91. The summed E-state index contributed by atoms with van der Waals surface area (Å²) in [5, 5.41) is 31.7. The van der Waals surface area contributed by atoms with E-state index in [1.807, 2.05) is 44.2 Å². The number of rotatable bonds is 8. The summed E-state index contributed by atoms with van der Waals surface area (Å²) in [7, 11) is 0.318. The Morgan fingerprint density at radius 2 is 1.89 bits per heavy atom. The molecule has 2 atom stereocenters. The lowest BCUT2D eigenvalue weighted by Gasteiger charge is -2.42. The predicted molar refractivity (Wildman–Crippen MR) is 140 cm³/mol. The highest BCUT2D eigenvalue weighted by Gasteiger charge is 2.33. The molecule has 2 aliphatic rings. The zero-order valence-corrected chi connectivity index (χ0v) is 22.0. The van der Waals surface area contributed by atoms with Gasteiger partial charge in [0.1, 0.15) is 17.7 Å². The van der Waals surface area contributed by atoms with Crippen molar-refractivity contribution in [3.8, 4) is 6.07 Å². The molecule has 1 aromatic rings. The molecule has 0 aliphatic carbocycles. The van der Waals surface area contributed by atoms with Gasteiger partial charge in [-0.05, 0) is 51.8 Å². The summed E-state index contributed by atoms with van der Waals surface area (Å²) in [6.07, 6.45) is 1.83. The molecule has 3 rings (SSSR count). The Bertz CT molecular complexity index is 989. The summed E-state index contributed by atoms with van der Waals surface area (Å²) in [6.45, 7) is 8.24. The number of ether oxygens (including phenoxy) is 1. The number of nitrogens with zero attached hydrogens (tertiary/aromatic N) is 4. The van der Waals surface area contributed by atoms with E-state index in [9.17, 15) is 24.9 Å². The molecular formula is C26H38BN5O5. The molecule has 0 bridgehead atoms. The molecule has 200 valence electrons. The van der Waals surface area contributed by atoms with Crippen LogP contribution in [-0.2, 0) is 16.0 Å². The molecule has 10 nitrogen and oxygen atoms in total. The van der Waals surface area contributed by atoms with E-state index in [0.29, 0.717) is 19.4 Å². The third-order valence-corrected chi connectivity index (χ3v) is 7.07. The van der Waals surface area contributed by atoms with Crippen molar-refractivity contribution >= 4 is 19.1 Å². The van der Waals surface area contributed by atoms with E-state index >= 15 is 0 Å². The first-order valence-electron chi connectivity index (χ1n) is 12.8. The first kappa shape index (κ1) is 28.7. The molecule has 2 heterocycles. The molecule has 2 aliphatic heterocycles. The fourth-order valence-electron chi connectivity index (χ4n) is 4.79. The monoisotopic (exact) mass is 511 g/mol. The van der Waals surface area contributed by atoms with Gasteiger partial charge in [-0.2, -0.15) is 5.26 Å². The molecule has 2 amide bonds. The normalized spacial score (nSPS) is 20.6. The number of likely N-dealkylation sites (N-methyl/N-ethyl adjacent to an activating group) is 1. The Labute approximate surface area is 219 Å². The van der Waals surface area contributed by atoms with E-state index in [2.05, 4.69) is 28.2 Å². The minimum Gasteiger partial charge on any atom is -0.444 e. The van der Waals surface area contributed by atoms with Crippen LogP contribution < -0.4 is 5.32 Å². The van der Waals surface area contributed by atoms with Crippen LogP contribution in [0.4, 0.5) is 4.79 Å². The summed E-state index contributed by atoms with van der Waals surface area (Å²) >= 11 is 0. The van der Waals surface area contributed by atoms with Gasteiger partial charge in [-0.15, -0.1) is 0 Å². The highest BCUT2D eigenvalue weighted by Crippen LogP contribution is 2.22. The molecule has 0 spiro atoms. The predicted octanol–water partition coefficient (Wildman–Crippen LogP) is 0.803. The molecule has 2 saturated heterocycles. The van der Waals surface area contributed by atoms with Crippen molar-refractivity contribution in [2.24, 2.45) is 0 Å². The zero-order valence-electron chi connectivity index (χ0n) is 22.0. The van der Waals surface area contributed by atoms with Gasteiger partial charge in [0.05, 0.1) is 12.5 Å². The Morgan fingerprint density at radius 3 is 2.51 bits per heavy atom. The van der Waals surface area contributed by atoms with Gasteiger partial charge in [0.25, 0.3) is 5.91 Å². The van der Waals surface area contributed by atoms with Gasteiger partial charge >= 0.3 is 13.2 Å². The number of alkyl carbamates (subject to hydrolysis) is 1. The summed E-state index contributed by atoms with van der Waals surface area (Å²) in [4.78, 5) is 31.8. The average Bonchev–Trinajstić information content (AvgIpc) is 2.87. The number of carbonyl (C=O) groups is 2. The van der Waals surface area contributed by atoms with Gasteiger partial charge in [-0.25, -0.2) is 4.79 Å². The highest BCUT2D eigenvalue weighted by molar-refractivity contribution is 6.43. The summed E-state index contributed by atoms with van der Waals surface area (Å²) in [6, 6.07) is 11.3. The molecule has 2 unspecified atom stereocenters. The van der Waals surface area contributed by atoms with E-state index in [1.165, 1.54) is 0 Å². The quantitative estimate of drug-likeness (QED) is 0.266. The number of hydrogen-bond donors (Lipinski definition) is 3. The minimum absolute atomic E-state index is 0.0837. The van der Waals surface area contributed by atoms with E-state index in [1.54, 1.807) is 11.0 Å². The lowest BCUT2D eigenvalue weighted by Crippen LogP contribution is -2.53. The van der Waals surface area contributed by atoms with Crippen LogP contribution in [0.15, 0.2) is 42.0 Å². The van der Waals surface area contributed by atoms with E-state index in [-0.39, 0.29) is 24.4 Å². The first-order valence-corrected chi connectivity index (χ1v) is 12.8. The lowest BCUT2D eigenvalue weighted by molar-refractivity contribution is -0.129. The van der Waals surface area contributed by atoms with Crippen LogP contribution >= 0.6 is 0 Å². The number of piperazine rings is 1. The average molecular weight is 511 g/mol. The molecule has 2 fully saturated rings. The van der Waals surface area contributed by atoms with Crippen LogP contribution in [0.5, 0.6) is 0 Å². The van der Waals surface area contributed by atoms with E-state index in [0.717, 1.165) is 31.7 Å². The van der Waals surface area contributed by atoms with Gasteiger partial charge in [0.2, 0.25) is 0 Å². The van der Waals surface area contributed by atoms with Crippen molar-refractivity contribution in [3.05, 3.63) is 47.5 Å². The SMILES string of the molecule is CN1CCN(C(C)(C)C=C(C#N)C(=O)N2CCCC(OC(=O)NC(Cc3ccccc3)B(O)O)C2)CC1. The van der Waals surface area contributed by atoms with Crippen molar-refractivity contribution in [3.63, 3.8) is 0 Å². The smallest absolute Gasteiger partial charge is 0.444 e. The van der Waals surface area contributed by atoms with Gasteiger partial charge < -0.3 is 29.9 Å². The van der Waals surface area contributed by atoms with E-state index < -0.39 is 30.8 Å². The number of likely N-dealkylation sites (tertiary alicyclic amines) is 1. The van der Waals surface area contributed by atoms with Gasteiger partial charge in [0.15, 0.2) is 0 Å². The Balaban J connectivity index is 1.58. The lowest BCUT2D eigenvalue weighted by atomic mass is 9.76. The molecule has 0 radical (unpaired) electrons. The summed E-state index contributed by atoms with van der Waals surface area (Å²) in [5.41, 5.74) is 0.470. The Morgan fingerprint density at radius 1 is 1.22 bits per heavy atom. The van der Waals surface area contributed by atoms with Crippen LogP contribution in [0.25, 0.3) is 0 Å². The fraction of sp³-hybridized carbons (Fsp3) is 0.577. The Kier molecular flexibility index (Phi) is 10.1. The highest BCUT2D eigenvalue weighted by atomic mass is 16.6. The number of benzene rings is 1. The topological polar surface area (TPSA) is 129 Å². The molecule has 0 aromatic heterocycles. The second-order valence-corrected chi connectivity index (χ2v) is 10.4. The number of piperidine rings is 1. The molecule has 37 heavy (non-hydrogen) atoms. The maximum atomic E-state index is 13.2. The van der Waals surface area contributed by atoms with Crippen molar-refractivity contribution < 1.29 is 24.4 Å². The summed E-state index contributed by atoms with van der Waals surface area (Å²) < 4.78 is 5.53. The molecule has 3 N–H and O–H groups in total. The fourth-order valence-corrected chi connectivity index (χ4v) is 4.79. The molecule has 11 heteroatoms. The first-order chi connectivity index (χ1) is 17.6. The summed E-state index contributed by atoms with van der Waals surface area (Å²) in [5.74, 6) is -1.31. The van der Waals surface area contributed by atoms with Crippen molar-refractivity contribution in [1.82, 2.24) is 20.0 Å². The van der Waals surface area contributed by atoms with Crippen molar-refractivity contribution in [1.29, 1.82) is 5.26 Å². The van der Waals surface area contributed by atoms with Gasteiger partial charge in [-0.1, -0.05) is 30.3 Å². The van der Waals surface area contributed by atoms with Gasteiger partial charge in [-0.3, -0.25) is 9.69 Å². The van der Waals surface area contributed by atoms with Crippen molar-refractivity contribution in [2.75, 3.05) is 46.3 Å². The number of carbonyl (C=O) groups excluding carboxylic acids is 2. The van der Waals surface area contributed by atoms with Crippen molar-refractivity contribution in [2.45, 2.75) is 50.7 Å². The second-order valence-electron chi connectivity index (χ2n) is 10.4. The van der Waals surface area contributed by atoms with Crippen LogP contribution in [0.1, 0.15) is 32.3 Å². The molecule has 1 aromatic carbocycles. The van der Waals surface area contributed by atoms with Crippen LogP contribution in [0, 0.1) is 11.3 Å².